The second-order valence-electron chi connectivity index (χ2n) is 12.5. The predicted molar refractivity (Wildman–Crippen MR) is 159 cm³/mol. The number of aromatic hydroxyl groups is 2. The number of nitrogens with zero attached hydrogens (tertiary/aromatic N) is 1. The number of aliphatic hydroxyl groups is 3. The summed E-state index contributed by atoms with van der Waals surface area (Å²) in [5.74, 6) is -3.67. The van der Waals surface area contributed by atoms with Crippen LogP contribution in [0.3, 0.4) is 0 Å². The highest BCUT2D eigenvalue weighted by atomic mass is 16.7. The van der Waals surface area contributed by atoms with E-state index in [0.717, 1.165) is 12.8 Å². The molecule has 13 heteroatoms. The van der Waals surface area contributed by atoms with Crippen molar-refractivity contribution >= 4 is 17.3 Å². The molecule has 46 heavy (non-hydrogen) atoms. The lowest BCUT2D eigenvalue weighted by molar-refractivity contribution is -0.259. The van der Waals surface area contributed by atoms with E-state index in [-0.39, 0.29) is 46.6 Å². The number of phenols is 2. The molecular weight excluding hydrogens is 602 g/mol. The summed E-state index contributed by atoms with van der Waals surface area (Å²) in [4.78, 5) is 42.6. The molecule has 2 aliphatic heterocycles. The van der Waals surface area contributed by atoms with Crippen LogP contribution in [0.4, 0.5) is 0 Å². The van der Waals surface area contributed by atoms with Gasteiger partial charge in [0, 0.05) is 62.2 Å². The molecule has 2 aromatic carbocycles. The molecule has 2 aliphatic carbocycles. The van der Waals surface area contributed by atoms with Gasteiger partial charge in [0.2, 0.25) is 5.78 Å². The third-order valence-corrected chi connectivity index (χ3v) is 10.0. The largest absolute Gasteiger partial charge is 0.507 e. The van der Waals surface area contributed by atoms with Crippen molar-refractivity contribution in [2.75, 3.05) is 33.9 Å². The molecule has 248 valence electrons. The van der Waals surface area contributed by atoms with Crippen LogP contribution in [0.25, 0.3) is 0 Å². The number of ether oxygens (including phenoxy) is 4. The number of hydrogen-bond donors (Lipinski definition) is 5. The van der Waals surface area contributed by atoms with Crippen LogP contribution >= 0.6 is 0 Å². The van der Waals surface area contributed by atoms with Crippen LogP contribution in [-0.2, 0) is 25.4 Å². The maximum Gasteiger partial charge on any atom is 0.202 e. The van der Waals surface area contributed by atoms with Gasteiger partial charge in [-0.15, -0.1) is 0 Å². The Labute approximate surface area is 265 Å². The number of likely N-dealkylation sites (tertiary alicyclic amines) is 1. The zero-order valence-corrected chi connectivity index (χ0v) is 25.9. The Hall–Kier alpha value is -3.43. The molecule has 0 aromatic heterocycles. The minimum absolute atomic E-state index is 0.0412. The lowest BCUT2D eigenvalue weighted by Crippen LogP contribution is -2.57. The van der Waals surface area contributed by atoms with Gasteiger partial charge >= 0.3 is 0 Å². The van der Waals surface area contributed by atoms with E-state index in [1.807, 2.05) is 0 Å². The summed E-state index contributed by atoms with van der Waals surface area (Å²) in [6.45, 7) is 2.05. The molecule has 6 unspecified atom stereocenters. The first-order valence-corrected chi connectivity index (χ1v) is 15.4. The average Bonchev–Trinajstić information content (AvgIpc) is 3.05. The van der Waals surface area contributed by atoms with Crippen LogP contribution in [0.15, 0.2) is 18.2 Å². The van der Waals surface area contributed by atoms with E-state index in [1.165, 1.54) is 25.3 Å². The molecule has 0 radical (unpaired) electrons. The number of rotatable bonds is 7. The van der Waals surface area contributed by atoms with Gasteiger partial charge in [-0.2, -0.15) is 0 Å². The van der Waals surface area contributed by atoms with Gasteiger partial charge in [-0.3, -0.25) is 19.3 Å². The van der Waals surface area contributed by atoms with Crippen molar-refractivity contribution < 1.29 is 58.9 Å². The van der Waals surface area contributed by atoms with E-state index in [9.17, 15) is 39.9 Å². The molecule has 0 spiro atoms. The minimum Gasteiger partial charge on any atom is -0.507 e. The molecule has 13 nitrogen and oxygen atoms in total. The molecule has 2 aromatic rings. The maximum atomic E-state index is 13.9. The third-order valence-electron chi connectivity index (χ3n) is 10.0. The molecule has 2 fully saturated rings. The minimum atomic E-state index is -2.24. The van der Waals surface area contributed by atoms with Crippen molar-refractivity contribution in [1.29, 1.82) is 0 Å². The van der Waals surface area contributed by atoms with Gasteiger partial charge in [0.05, 0.1) is 48.2 Å². The van der Waals surface area contributed by atoms with Gasteiger partial charge in [0.25, 0.3) is 0 Å². The van der Waals surface area contributed by atoms with Gasteiger partial charge in [-0.1, -0.05) is 12.1 Å². The molecule has 0 saturated carbocycles. The van der Waals surface area contributed by atoms with E-state index >= 15 is 0 Å². The Bertz CT molecular complexity index is 1570. The monoisotopic (exact) mass is 641 g/mol. The van der Waals surface area contributed by atoms with E-state index in [4.69, 9.17) is 18.9 Å². The summed E-state index contributed by atoms with van der Waals surface area (Å²) in [6, 6.07) is 4.06. The van der Waals surface area contributed by atoms with Gasteiger partial charge in [0.1, 0.15) is 29.5 Å². The Morgan fingerprint density at radius 1 is 1.07 bits per heavy atom. The van der Waals surface area contributed by atoms with Crippen molar-refractivity contribution in [3.05, 3.63) is 51.6 Å². The molecule has 4 aliphatic rings. The number of methoxy groups -OCH3 is 2. The molecule has 0 amide bonds. The SMILES string of the molecule is COc1cccc2c1C(=O)c1c(O)c3c(c(O)c1C2=O)CC(O)(C(=O)CO)CC3OC1CC(N2CCC(OC)CC2)C(O)C(C)O1. The number of aliphatic hydroxyl groups excluding tert-OH is 2. The van der Waals surface area contributed by atoms with Gasteiger partial charge < -0.3 is 44.5 Å². The zero-order chi connectivity index (χ0) is 33.1. The lowest BCUT2D eigenvalue weighted by atomic mass is 9.72. The summed E-state index contributed by atoms with van der Waals surface area (Å²) in [5.41, 5.74) is -3.51. The molecule has 5 N–H and O–H groups in total. The number of fused-ring (bicyclic) bond motifs is 3. The number of piperidine rings is 1. The summed E-state index contributed by atoms with van der Waals surface area (Å²) in [5, 5.41) is 55.5. The van der Waals surface area contributed by atoms with Crippen LogP contribution in [-0.4, -0.2) is 118 Å². The fraction of sp³-hybridized carbons (Fsp3) is 0.545. The van der Waals surface area contributed by atoms with E-state index in [1.54, 1.807) is 14.0 Å². The molecule has 2 heterocycles. The first-order chi connectivity index (χ1) is 21.9. The quantitative estimate of drug-likeness (QED) is 0.231. The molecule has 6 rings (SSSR count). The first-order valence-electron chi connectivity index (χ1n) is 15.4. The van der Waals surface area contributed by atoms with Crippen LogP contribution in [0.2, 0.25) is 0 Å². The Morgan fingerprint density at radius 3 is 2.41 bits per heavy atom. The van der Waals surface area contributed by atoms with Crippen molar-refractivity contribution in [2.45, 2.75) is 81.4 Å². The summed E-state index contributed by atoms with van der Waals surface area (Å²) < 4.78 is 23.2. The number of benzene rings is 2. The molecule has 6 atom stereocenters. The van der Waals surface area contributed by atoms with E-state index < -0.39 is 89.6 Å². The highest BCUT2D eigenvalue weighted by Crippen LogP contribution is 2.52. The summed E-state index contributed by atoms with van der Waals surface area (Å²) >= 11 is 0. The molecule has 0 bridgehead atoms. The Kier molecular flexibility index (Phi) is 8.70. The molecular formula is C33H39NO12. The summed E-state index contributed by atoms with van der Waals surface area (Å²) in [7, 11) is 3.01. The summed E-state index contributed by atoms with van der Waals surface area (Å²) in [6.07, 6.45) is -2.95. The van der Waals surface area contributed by atoms with Crippen molar-refractivity contribution in [2.24, 2.45) is 0 Å². The Morgan fingerprint density at radius 2 is 1.76 bits per heavy atom. The number of hydrogen-bond acceptors (Lipinski definition) is 13. The van der Waals surface area contributed by atoms with E-state index in [0.29, 0.717) is 13.1 Å². The normalized spacial score (nSPS) is 30.0. The number of ketones is 3. The van der Waals surface area contributed by atoms with Gasteiger partial charge in [-0.05, 0) is 25.8 Å². The number of carbonyl (C=O) groups excluding carboxylic acids is 3. The number of carbonyl (C=O) groups is 3. The number of phenolic OH excluding ortho intramolecular Hbond substituents is 2. The van der Waals surface area contributed by atoms with Crippen molar-refractivity contribution in [1.82, 2.24) is 4.90 Å². The van der Waals surface area contributed by atoms with Gasteiger partial charge in [-0.25, -0.2) is 0 Å². The standard InChI is InChI=1S/C33H39NO12/c1-15-28(37)19(34-9-7-16(43-2)8-10-34)11-23(45-15)46-21-13-33(42,22(36)14-35)12-18-25(21)32(41)27-26(30(18)39)29(38)17-5-4-6-20(44-3)24(17)31(27)40/h4-6,15-16,19,21,23,28,35,37,39,41-42H,7-14H2,1-3H3. The average molecular weight is 642 g/mol. The third kappa shape index (κ3) is 5.20. The van der Waals surface area contributed by atoms with Crippen molar-refractivity contribution in [3.8, 4) is 17.2 Å². The zero-order valence-electron chi connectivity index (χ0n) is 25.9. The second kappa shape index (κ2) is 12.3. The van der Waals surface area contributed by atoms with Crippen LogP contribution in [0.1, 0.15) is 81.7 Å². The van der Waals surface area contributed by atoms with Crippen LogP contribution in [0, 0.1) is 0 Å². The smallest absolute Gasteiger partial charge is 0.202 e. The first kappa shape index (κ1) is 32.5. The maximum absolute atomic E-state index is 13.9. The van der Waals surface area contributed by atoms with Crippen molar-refractivity contribution in [3.63, 3.8) is 0 Å². The predicted octanol–water partition coefficient (Wildman–Crippen LogP) is 1.15. The topological polar surface area (TPSA) is 193 Å². The fourth-order valence-electron chi connectivity index (χ4n) is 7.50. The fourth-order valence-corrected chi connectivity index (χ4v) is 7.50. The number of Topliss-reactive ketones (excluding diaryl/α,β-unsaturated/α-hetero) is 1. The highest BCUT2D eigenvalue weighted by molar-refractivity contribution is 6.31. The molecule has 2 saturated heterocycles. The van der Waals surface area contributed by atoms with Crippen LogP contribution < -0.4 is 4.74 Å². The highest BCUT2D eigenvalue weighted by Gasteiger charge is 2.50. The van der Waals surface area contributed by atoms with Crippen LogP contribution in [0.5, 0.6) is 17.2 Å². The second-order valence-corrected chi connectivity index (χ2v) is 12.5. The van der Waals surface area contributed by atoms with Gasteiger partial charge in [0.15, 0.2) is 17.9 Å². The lowest BCUT2D eigenvalue weighted by Gasteiger charge is -2.46. The Balaban J connectivity index is 1.41. The van der Waals surface area contributed by atoms with E-state index in [2.05, 4.69) is 4.90 Å².